The van der Waals surface area contributed by atoms with Gasteiger partial charge in [-0.2, -0.15) is 0 Å². The summed E-state index contributed by atoms with van der Waals surface area (Å²) in [6.07, 6.45) is -2.43. The lowest BCUT2D eigenvalue weighted by atomic mass is 10.6. The zero-order valence-electron chi connectivity index (χ0n) is 8.29. The molecule has 12 heteroatoms. The van der Waals surface area contributed by atoms with Gasteiger partial charge in [0.2, 0.25) is 20.4 Å². The molecule has 6 nitrogen and oxygen atoms in total. The summed E-state index contributed by atoms with van der Waals surface area (Å²) < 4.78 is -3.72. The molecule has 0 aromatic carbocycles. The van der Waals surface area contributed by atoms with Crippen molar-refractivity contribution in [1.29, 1.82) is 0 Å². The van der Waals surface area contributed by atoms with Crippen LogP contribution in [0.5, 0.6) is 0 Å². The third kappa shape index (κ3) is 11.7. The normalized spacial score (nSPS) is 14.7. The third-order valence-electron chi connectivity index (χ3n) is 1.07. The van der Waals surface area contributed by atoms with Crippen LogP contribution < -0.4 is 10.6 Å². The van der Waals surface area contributed by atoms with Crippen LogP contribution in [0.4, 0.5) is 0 Å². The Labute approximate surface area is 132 Å². The van der Waals surface area contributed by atoms with E-state index in [1.165, 1.54) is 0 Å². The number of aliphatic hydroxyl groups excluding tert-OH is 2. The Morgan fingerprint density at radius 3 is 1.06 bits per heavy atom. The van der Waals surface area contributed by atoms with Gasteiger partial charge in [0, 0.05) is 0 Å². The summed E-state index contributed by atoms with van der Waals surface area (Å²) in [6.45, 7) is 0. The van der Waals surface area contributed by atoms with Crippen molar-refractivity contribution >= 4 is 82.4 Å². The first-order valence-corrected chi connectivity index (χ1v) is 6.12. The number of hydrogen-bond acceptors (Lipinski definition) is 4. The van der Waals surface area contributed by atoms with Gasteiger partial charge < -0.3 is 20.8 Å². The fourth-order valence-corrected chi connectivity index (χ4v) is 0.696. The van der Waals surface area contributed by atoms with Gasteiger partial charge in [-0.05, 0) is 0 Å². The molecular formula is C6H8Cl6N2O4. The first-order chi connectivity index (χ1) is 7.96. The van der Waals surface area contributed by atoms with Crippen LogP contribution >= 0.6 is 69.6 Å². The van der Waals surface area contributed by atoms with E-state index >= 15 is 0 Å². The highest BCUT2D eigenvalue weighted by molar-refractivity contribution is 6.68. The van der Waals surface area contributed by atoms with Gasteiger partial charge in [-0.15, -0.1) is 0 Å². The maximum Gasteiger partial charge on any atom is 0.234 e. The molecule has 0 aliphatic rings. The third-order valence-corrected chi connectivity index (χ3v) is 2.31. The first kappa shape index (κ1) is 20.9. The van der Waals surface area contributed by atoms with Crippen molar-refractivity contribution in [2.45, 2.75) is 20.0 Å². The standard InChI is InChI=1S/2C3H4Cl3NO2/c2*4-3(5,6)2(9)7-1-8/h2*1-2,9H,(H,7,8)/t2*2-/m11/s1. The van der Waals surface area contributed by atoms with Crippen LogP contribution in [0.25, 0.3) is 0 Å². The van der Waals surface area contributed by atoms with Gasteiger partial charge in [-0.25, -0.2) is 0 Å². The van der Waals surface area contributed by atoms with Gasteiger partial charge in [0.15, 0.2) is 12.5 Å². The van der Waals surface area contributed by atoms with E-state index in [0.29, 0.717) is 0 Å². The Kier molecular flexibility index (Phi) is 11.0. The number of hydrogen-bond donors (Lipinski definition) is 4. The fourth-order valence-electron chi connectivity index (χ4n) is 0.318. The first-order valence-electron chi connectivity index (χ1n) is 3.85. The molecule has 0 rings (SSSR count). The molecular weight excluding hydrogens is 377 g/mol. The Morgan fingerprint density at radius 2 is 1.00 bits per heavy atom. The Bertz CT molecular complexity index is 229. The van der Waals surface area contributed by atoms with E-state index in [-0.39, 0.29) is 12.8 Å². The molecule has 2 amide bonds. The second kappa shape index (κ2) is 9.50. The molecule has 0 aromatic heterocycles. The van der Waals surface area contributed by atoms with E-state index in [4.69, 9.17) is 79.8 Å². The van der Waals surface area contributed by atoms with Crippen molar-refractivity contribution in [1.82, 2.24) is 10.6 Å². The molecule has 0 saturated heterocycles. The van der Waals surface area contributed by atoms with Crippen LogP contribution in [0.15, 0.2) is 0 Å². The van der Waals surface area contributed by atoms with E-state index in [2.05, 4.69) is 0 Å². The highest BCUT2D eigenvalue weighted by Crippen LogP contribution is 2.28. The number of aliphatic hydroxyl groups is 2. The predicted molar refractivity (Wildman–Crippen MR) is 71.0 cm³/mol. The van der Waals surface area contributed by atoms with Crippen LogP contribution in [0.3, 0.4) is 0 Å². The lowest BCUT2D eigenvalue weighted by Crippen LogP contribution is -2.38. The van der Waals surface area contributed by atoms with Gasteiger partial charge in [0.25, 0.3) is 0 Å². The molecule has 0 saturated carbocycles. The molecule has 0 fully saturated rings. The van der Waals surface area contributed by atoms with Crippen LogP contribution in [0, 0.1) is 0 Å². The van der Waals surface area contributed by atoms with Crippen molar-refractivity contribution in [2.24, 2.45) is 0 Å². The predicted octanol–water partition coefficient (Wildman–Crippen LogP) is 0.842. The molecule has 0 aromatic rings. The molecule has 108 valence electrons. The van der Waals surface area contributed by atoms with Crippen molar-refractivity contribution in [2.75, 3.05) is 0 Å². The highest BCUT2D eigenvalue weighted by Gasteiger charge is 2.30. The number of alkyl halides is 6. The van der Waals surface area contributed by atoms with Gasteiger partial charge in [0.05, 0.1) is 0 Å². The second-order valence-electron chi connectivity index (χ2n) is 2.46. The van der Waals surface area contributed by atoms with Gasteiger partial charge >= 0.3 is 0 Å². The molecule has 4 N–H and O–H groups in total. The average molecular weight is 385 g/mol. The number of halogens is 6. The average Bonchev–Trinajstić information content (AvgIpc) is 2.16. The van der Waals surface area contributed by atoms with Gasteiger partial charge in [0.1, 0.15) is 0 Å². The van der Waals surface area contributed by atoms with Gasteiger partial charge in [-0.3, -0.25) is 9.59 Å². The summed E-state index contributed by atoms with van der Waals surface area (Å²) in [6, 6.07) is 0. The molecule has 18 heavy (non-hydrogen) atoms. The molecule has 0 bridgehead atoms. The second-order valence-corrected chi connectivity index (χ2v) is 7.20. The topological polar surface area (TPSA) is 98.7 Å². The fraction of sp³-hybridized carbons (Fsp3) is 0.667. The van der Waals surface area contributed by atoms with E-state index in [1.54, 1.807) is 0 Å². The lowest BCUT2D eigenvalue weighted by molar-refractivity contribution is -0.112. The number of carbonyl (C=O) groups is 2. The van der Waals surface area contributed by atoms with E-state index in [0.717, 1.165) is 0 Å². The minimum absolute atomic E-state index is 0.243. The maximum atomic E-state index is 9.61. The van der Waals surface area contributed by atoms with Crippen molar-refractivity contribution in [3.8, 4) is 0 Å². The SMILES string of the molecule is O=CN[C@H](O)C(Cl)(Cl)Cl.O=CN[C@H](O)C(Cl)(Cl)Cl. The minimum Gasteiger partial charge on any atom is -0.369 e. The molecule has 0 unspecified atom stereocenters. The summed E-state index contributed by atoms with van der Waals surface area (Å²) in [5, 5.41) is 21.0. The Hall–Kier alpha value is 0.600. The molecule has 0 aliphatic carbocycles. The zero-order valence-corrected chi connectivity index (χ0v) is 12.8. The lowest BCUT2D eigenvalue weighted by Gasteiger charge is -2.16. The number of carbonyl (C=O) groups excluding carboxylic acids is 2. The highest BCUT2D eigenvalue weighted by atomic mass is 35.6. The Morgan fingerprint density at radius 1 is 0.778 bits per heavy atom. The summed E-state index contributed by atoms with van der Waals surface area (Å²) in [5.74, 6) is 0. The van der Waals surface area contributed by atoms with E-state index in [1.807, 2.05) is 10.6 Å². The summed E-state index contributed by atoms with van der Waals surface area (Å²) >= 11 is 30.7. The number of amides is 2. The van der Waals surface area contributed by atoms with Crippen LogP contribution in [0.2, 0.25) is 0 Å². The van der Waals surface area contributed by atoms with Gasteiger partial charge in [-0.1, -0.05) is 69.6 Å². The number of rotatable bonds is 4. The number of nitrogens with one attached hydrogen (secondary N) is 2. The summed E-state index contributed by atoms with van der Waals surface area (Å²) in [4.78, 5) is 19.2. The van der Waals surface area contributed by atoms with E-state index < -0.39 is 20.0 Å². The quantitative estimate of drug-likeness (QED) is 0.328. The molecule has 0 aliphatic heterocycles. The minimum atomic E-state index is -1.86. The van der Waals surface area contributed by atoms with E-state index in [9.17, 15) is 9.59 Å². The largest absolute Gasteiger partial charge is 0.369 e. The molecule has 0 radical (unpaired) electrons. The van der Waals surface area contributed by atoms with Crippen LogP contribution in [-0.4, -0.2) is 43.1 Å². The summed E-state index contributed by atoms with van der Waals surface area (Å²) in [7, 11) is 0. The Balaban J connectivity index is 0. The van der Waals surface area contributed by atoms with Crippen LogP contribution in [0.1, 0.15) is 0 Å². The summed E-state index contributed by atoms with van der Waals surface area (Å²) in [5.41, 5.74) is 0. The smallest absolute Gasteiger partial charge is 0.234 e. The monoisotopic (exact) mass is 382 g/mol. The molecule has 0 heterocycles. The van der Waals surface area contributed by atoms with Crippen molar-refractivity contribution in [3.63, 3.8) is 0 Å². The zero-order chi connectivity index (χ0) is 15.0. The molecule has 2 atom stereocenters. The van der Waals surface area contributed by atoms with Crippen LogP contribution in [-0.2, 0) is 9.59 Å². The van der Waals surface area contributed by atoms with Crippen molar-refractivity contribution < 1.29 is 19.8 Å². The molecule has 0 spiro atoms. The maximum absolute atomic E-state index is 9.61. The van der Waals surface area contributed by atoms with Crippen molar-refractivity contribution in [3.05, 3.63) is 0 Å².